The Morgan fingerprint density at radius 1 is 1.00 bits per heavy atom. The van der Waals surface area contributed by atoms with Crippen molar-refractivity contribution >= 4 is 11.0 Å². The van der Waals surface area contributed by atoms with Crippen molar-refractivity contribution in [3.05, 3.63) is 48.5 Å². The Labute approximate surface area is 153 Å². The molecule has 2 heterocycles. The van der Waals surface area contributed by atoms with E-state index in [4.69, 9.17) is 18.6 Å². The monoisotopic (exact) mass is 353 g/mol. The van der Waals surface area contributed by atoms with Crippen LogP contribution in [-0.4, -0.2) is 51.5 Å². The molecule has 1 aromatic heterocycles. The summed E-state index contributed by atoms with van der Waals surface area (Å²) in [5.41, 5.74) is 1.82. The van der Waals surface area contributed by atoms with Gasteiger partial charge in [0.05, 0.1) is 20.3 Å². The first-order valence-corrected chi connectivity index (χ1v) is 8.93. The molecule has 0 saturated carbocycles. The molecule has 1 aliphatic heterocycles. The van der Waals surface area contributed by atoms with Gasteiger partial charge in [-0.25, -0.2) is 0 Å². The van der Waals surface area contributed by atoms with E-state index in [9.17, 15) is 0 Å². The maximum absolute atomic E-state index is 5.98. The van der Waals surface area contributed by atoms with E-state index in [-0.39, 0.29) is 0 Å². The minimum atomic E-state index is 0.632. The molecular weight excluding hydrogens is 330 g/mol. The number of nitrogens with zero attached hydrogens (tertiary/aromatic N) is 1. The fourth-order valence-corrected chi connectivity index (χ4v) is 3.16. The highest BCUT2D eigenvalue weighted by molar-refractivity contribution is 5.83. The number of fused-ring (bicyclic) bond motifs is 1. The minimum absolute atomic E-state index is 0.632. The maximum Gasteiger partial charge on any atom is 0.135 e. The number of rotatable bonds is 6. The van der Waals surface area contributed by atoms with E-state index >= 15 is 0 Å². The average molecular weight is 353 g/mol. The van der Waals surface area contributed by atoms with Crippen LogP contribution >= 0.6 is 0 Å². The third-order valence-corrected chi connectivity index (χ3v) is 4.61. The summed E-state index contributed by atoms with van der Waals surface area (Å²) >= 11 is 0. The first-order valence-electron chi connectivity index (χ1n) is 8.93. The minimum Gasteiger partial charge on any atom is -0.497 e. The molecule has 0 amide bonds. The van der Waals surface area contributed by atoms with Gasteiger partial charge in [0.15, 0.2) is 0 Å². The molecule has 26 heavy (non-hydrogen) atoms. The zero-order chi connectivity index (χ0) is 17.8. The average Bonchev–Trinajstić information content (AvgIpc) is 3.13. The molecule has 5 nitrogen and oxygen atoms in total. The molecule has 0 bridgehead atoms. The van der Waals surface area contributed by atoms with Crippen LogP contribution in [0.3, 0.4) is 0 Å². The van der Waals surface area contributed by atoms with E-state index in [0.717, 1.165) is 66.6 Å². The molecule has 1 saturated heterocycles. The molecule has 0 aliphatic carbocycles. The van der Waals surface area contributed by atoms with Gasteiger partial charge in [-0.15, -0.1) is 0 Å². The summed E-state index contributed by atoms with van der Waals surface area (Å²) < 4.78 is 22.8. The van der Waals surface area contributed by atoms with Crippen LogP contribution in [0.25, 0.3) is 22.3 Å². The third kappa shape index (κ3) is 3.84. The van der Waals surface area contributed by atoms with Crippen molar-refractivity contribution < 1.29 is 18.6 Å². The Bertz CT molecular complexity index is 834. The number of morpholine rings is 1. The van der Waals surface area contributed by atoms with Crippen molar-refractivity contribution in [3.63, 3.8) is 0 Å². The molecule has 0 spiro atoms. The Kier molecular flexibility index (Phi) is 5.09. The smallest absolute Gasteiger partial charge is 0.135 e. The second kappa shape index (κ2) is 7.81. The summed E-state index contributed by atoms with van der Waals surface area (Å²) in [6, 6.07) is 15.9. The lowest BCUT2D eigenvalue weighted by molar-refractivity contribution is 0.0322. The van der Waals surface area contributed by atoms with E-state index < -0.39 is 0 Å². The molecule has 5 heteroatoms. The number of furan rings is 1. The topological polar surface area (TPSA) is 44.1 Å². The number of hydrogen-bond acceptors (Lipinski definition) is 5. The SMILES string of the molecule is COc1cc(OCCN2CCOCC2)cc(-c2cc3ccccc3o2)c1. The van der Waals surface area contributed by atoms with Crippen LogP contribution in [0, 0.1) is 0 Å². The van der Waals surface area contributed by atoms with E-state index in [0.29, 0.717) is 6.61 Å². The molecule has 136 valence electrons. The summed E-state index contributed by atoms with van der Waals surface area (Å²) in [5, 5.41) is 1.08. The highest BCUT2D eigenvalue weighted by Crippen LogP contribution is 2.33. The Morgan fingerprint density at radius 3 is 2.62 bits per heavy atom. The molecular formula is C21H23NO4. The van der Waals surface area contributed by atoms with Gasteiger partial charge in [0, 0.05) is 36.7 Å². The van der Waals surface area contributed by atoms with Crippen LogP contribution < -0.4 is 9.47 Å². The van der Waals surface area contributed by atoms with Crippen LogP contribution in [0.2, 0.25) is 0 Å². The number of hydrogen-bond donors (Lipinski definition) is 0. The molecule has 0 radical (unpaired) electrons. The number of methoxy groups -OCH3 is 1. The second-order valence-electron chi connectivity index (χ2n) is 6.35. The highest BCUT2D eigenvalue weighted by atomic mass is 16.5. The quantitative estimate of drug-likeness (QED) is 0.674. The van der Waals surface area contributed by atoms with Gasteiger partial charge >= 0.3 is 0 Å². The van der Waals surface area contributed by atoms with Crippen molar-refractivity contribution in [1.82, 2.24) is 4.90 Å². The van der Waals surface area contributed by atoms with Crippen molar-refractivity contribution in [1.29, 1.82) is 0 Å². The molecule has 0 atom stereocenters. The second-order valence-corrected chi connectivity index (χ2v) is 6.35. The van der Waals surface area contributed by atoms with Gasteiger partial charge in [-0.05, 0) is 24.3 Å². The lowest BCUT2D eigenvalue weighted by atomic mass is 10.1. The highest BCUT2D eigenvalue weighted by Gasteiger charge is 2.12. The van der Waals surface area contributed by atoms with Gasteiger partial charge in [0.25, 0.3) is 0 Å². The molecule has 0 N–H and O–H groups in total. The Balaban J connectivity index is 1.51. The lowest BCUT2D eigenvalue weighted by Crippen LogP contribution is -2.38. The standard InChI is InChI=1S/C21H23NO4/c1-23-18-12-17(21-14-16-4-2-3-5-20(16)26-21)13-19(15-18)25-11-8-22-6-9-24-10-7-22/h2-5,12-15H,6-11H2,1H3. The van der Waals surface area contributed by atoms with Crippen LogP contribution in [0.15, 0.2) is 52.9 Å². The van der Waals surface area contributed by atoms with Crippen molar-refractivity contribution in [2.45, 2.75) is 0 Å². The van der Waals surface area contributed by atoms with Crippen LogP contribution in [0.5, 0.6) is 11.5 Å². The van der Waals surface area contributed by atoms with Crippen LogP contribution in [0.4, 0.5) is 0 Å². The van der Waals surface area contributed by atoms with Gasteiger partial charge in [0.1, 0.15) is 29.4 Å². The van der Waals surface area contributed by atoms with Crippen molar-refractivity contribution in [2.75, 3.05) is 46.6 Å². The van der Waals surface area contributed by atoms with Gasteiger partial charge in [-0.2, -0.15) is 0 Å². The molecule has 0 unspecified atom stereocenters. The molecule has 1 fully saturated rings. The van der Waals surface area contributed by atoms with Crippen LogP contribution in [-0.2, 0) is 4.74 Å². The van der Waals surface area contributed by atoms with E-state index in [2.05, 4.69) is 4.90 Å². The number of ether oxygens (including phenoxy) is 3. The third-order valence-electron chi connectivity index (χ3n) is 4.61. The lowest BCUT2D eigenvalue weighted by Gasteiger charge is -2.26. The molecule has 1 aliphatic rings. The summed E-state index contributed by atoms with van der Waals surface area (Å²) in [6.45, 7) is 5.05. The predicted molar refractivity (Wildman–Crippen MR) is 101 cm³/mol. The number of para-hydroxylation sites is 1. The van der Waals surface area contributed by atoms with Gasteiger partial charge in [-0.3, -0.25) is 4.90 Å². The van der Waals surface area contributed by atoms with Crippen molar-refractivity contribution in [2.24, 2.45) is 0 Å². The Morgan fingerprint density at radius 2 is 1.81 bits per heavy atom. The fraction of sp³-hybridized carbons (Fsp3) is 0.333. The van der Waals surface area contributed by atoms with Gasteiger partial charge in [-0.1, -0.05) is 18.2 Å². The summed E-state index contributed by atoms with van der Waals surface area (Å²) in [5.74, 6) is 2.35. The first-order chi connectivity index (χ1) is 12.8. The van der Waals surface area contributed by atoms with E-state index in [1.165, 1.54) is 0 Å². The van der Waals surface area contributed by atoms with E-state index in [1.807, 2.05) is 48.5 Å². The maximum atomic E-state index is 5.98. The fourth-order valence-electron chi connectivity index (χ4n) is 3.16. The molecule has 2 aromatic carbocycles. The normalized spacial score (nSPS) is 15.3. The van der Waals surface area contributed by atoms with Gasteiger partial charge < -0.3 is 18.6 Å². The largest absolute Gasteiger partial charge is 0.497 e. The Hall–Kier alpha value is -2.50. The molecule has 3 aromatic rings. The summed E-state index contributed by atoms with van der Waals surface area (Å²) in [7, 11) is 1.66. The predicted octanol–water partition coefficient (Wildman–Crippen LogP) is 3.82. The molecule has 4 rings (SSSR count). The van der Waals surface area contributed by atoms with Crippen LogP contribution in [0.1, 0.15) is 0 Å². The zero-order valence-electron chi connectivity index (χ0n) is 14.9. The van der Waals surface area contributed by atoms with Crippen molar-refractivity contribution in [3.8, 4) is 22.8 Å². The summed E-state index contributed by atoms with van der Waals surface area (Å²) in [6.07, 6.45) is 0. The summed E-state index contributed by atoms with van der Waals surface area (Å²) in [4.78, 5) is 2.35. The first kappa shape index (κ1) is 16.9. The number of benzene rings is 2. The zero-order valence-corrected chi connectivity index (χ0v) is 14.9. The van der Waals surface area contributed by atoms with E-state index in [1.54, 1.807) is 7.11 Å². The van der Waals surface area contributed by atoms with Gasteiger partial charge in [0.2, 0.25) is 0 Å².